The molecular weight excluding hydrogens is 318 g/mol. The minimum atomic E-state index is -0.421. The molecule has 2 rings (SSSR count). The second-order valence-corrected chi connectivity index (χ2v) is 4.74. The van der Waals surface area contributed by atoms with Crippen molar-refractivity contribution >= 4 is 33.5 Å². The fourth-order valence-electron chi connectivity index (χ4n) is 1.39. The van der Waals surface area contributed by atoms with Gasteiger partial charge in [0.15, 0.2) is 0 Å². The van der Waals surface area contributed by atoms with Crippen LogP contribution in [0.2, 0.25) is 5.02 Å². The van der Waals surface area contributed by atoms with Gasteiger partial charge in [-0.3, -0.25) is 0 Å². The number of halogens is 2. The number of aromatic nitrogens is 1. The number of pyridine rings is 1. The first-order valence-corrected chi connectivity index (χ1v) is 6.36. The normalized spacial score (nSPS) is 10.1. The van der Waals surface area contributed by atoms with Crippen LogP contribution in [0.3, 0.4) is 0 Å². The topological polar surface area (TPSA) is 39.2 Å². The van der Waals surface area contributed by atoms with Gasteiger partial charge in [-0.25, -0.2) is 9.78 Å². The maximum Gasteiger partial charge on any atom is 0.341 e. The molecule has 0 aliphatic carbocycles. The first kappa shape index (κ1) is 13.1. The molecule has 1 heterocycles. The van der Waals surface area contributed by atoms with E-state index in [2.05, 4.69) is 20.9 Å². The monoisotopic (exact) mass is 325 g/mol. The van der Waals surface area contributed by atoms with Gasteiger partial charge in [-0.2, -0.15) is 0 Å². The van der Waals surface area contributed by atoms with E-state index < -0.39 is 5.97 Å². The maximum absolute atomic E-state index is 11.8. The summed E-state index contributed by atoms with van der Waals surface area (Å²) in [7, 11) is 0. The van der Waals surface area contributed by atoms with Crippen LogP contribution in [0.5, 0.6) is 0 Å². The Kier molecular flexibility index (Phi) is 4.33. The van der Waals surface area contributed by atoms with E-state index in [0.29, 0.717) is 15.2 Å². The van der Waals surface area contributed by atoms with Crippen LogP contribution in [-0.2, 0) is 11.3 Å². The number of rotatable bonds is 3. The number of carbonyl (C=O) groups is 1. The van der Waals surface area contributed by atoms with E-state index in [1.165, 1.54) is 0 Å². The van der Waals surface area contributed by atoms with Crippen molar-refractivity contribution in [3.8, 4) is 0 Å². The van der Waals surface area contributed by atoms with Crippen LogP contribution in [0.15, 0.2) is 47.2 Å². The molecule has 0 spiro atoms. The van der Waals surface area contributed by atoms with Gasteiger partial charge in [0.25, 0.3) is 0 Å². The summed E-state index contributed by atoms with van der Waals surface area (Å²) in [5, 5.41) is 0.617. The van der Waals surface area contributed by atoms with E-state index in [9.17, 15) is 4.79 Å². The van der Waals surface area contributed by atoms with Crippen molar-refractivity contribution in [2.75, 3.05) is 0 Å². The van der Waals surface area contributed by atoms with E-state index in [4.69, 9.17) is 16.3 Å². The quantitative estimate of drug-likeness (QED) is 0.635. The molecule has 5 heteroatoms. The van der Waals surface area contributed by atoms with Crippen LogP contribution in [0.1, 0.15) is 15.9 Å². The minimum absolute atomic E-state index is 0.181. The maximum atomic E-state index is 11.8. The predicted octanol–water partition coefficient (Wildman–Crippen LogP) is 3.85. The van der Waals surface area contributed by atoms with Crippen LogP contribution in [-0.4, -0.2) is 11.0 Å². The van der Waals surface area contributed by atoms with Crippen molar-refractivity contribution in [2.24, 2.45) is 0 Å². The fourth-order valence-corrected chi connectivity index (χ4v) is 2.02. The molecule has 0 saturated heterocycles. The first-order chi connectivity index (χ1) is 8.66. The van der Waals surface area contributed by atoms with Crippen molar-refractivity contribution in [2.45, 2.75) is 6.61 Å². The Hall–Kier alpha value is -1.39. The highest BCUT2D eigenvalue weighted by Crippen LogP contribution is 2.16. The van der Waals surface area contributed by atoms with E-state index in [0.717, 1.165) is 5.56 Å². The Morgan fingerprint density at radius 1 is 1.33 bits per heavy atom. The van der Waals surface area contributed by atoms with Gasteiger partial charge in [0, 0.05) is 11.2 Å². The smallest absolute Gasteiger partial charge is 0.341 e. The molecular formula is C13H9BrClNO2. The van der Waals surface area contributed by atoms with Crippen LogP contribution in [0.25, 0.3) is 0 Å². The lowest BCUT2D eigenvalue weighted by Crippen LogP contribution is -2.06. The summed E-state index contributed by atoms with van der Waals surface area (Å²) in [6, 6.07) is 10.5. The van der Waals surface area contributed by atoms with Crippen molar-refractivity contribution in [3.63, 3.8) is 0 Å². The zero-order chi connectivity index (χ0) is 13.0. The number of esters is 1. The third-order valence-corrected chi connectivity index (χ3v) is 3.10. The average Bonchev–Trinajstić information content (AvgIpc) is 2.37. The molecule has 0 bridgehead atoms. The molecule has 0 aliphatic rings. The third-order valence-electron chi connectivity index (χ3n) is 2.24. The Bertz CT molecular complexity index is 574. The number of ether oxygens (including phenoxy) is 1. The van der Waals surface area contributed by atoms with Crippen molar-refractivity contribution in [3.05, 3.63) is 63.3 Å². The summed E-state index contributed by atoms with van der Waals surface area (Å²) < 4.78 is 5.66. The fraction of sp³-hybridized carbons (Fsp3) is 0.0769. The van der Waals surface area contributed by atoms with Crippen molar-refractivity contribution in [1.82, 2.24) is 4.98 Å². The lowest BCUT2D eigenvalue weighted by molar-refractivity contribution is 0.0471. The summed E-state index contributed by atoms with van der Waals surface area (Å²) in [5.41, 5.74) is 1.25. The molecule has 0 amide bonds. The van der Waals surface area contributed by atoms with Crippen molar-refractivity contribution in [1.29, 1.82) is 0 Å². The molecule has 0 saturated carbocycles. The van der Waals surface area contributed by atoms with Gasteiger partial charge >= 0.3 is 5.97 Å². The Morgan fingerprint density at radius 2 is 2.17 bits per heavy atom. The van der Waals surface area contributed by atoms with E-state index in [-0.39, 0.29) is 6.61 Å². The Labute approximate surface area is 118 Å². The zero-order valence-corrected chi connectivity index (χ0v) is 11.6. The van der Waals surface area contributed by atoms with Gasteiger partial charge in [0.1, 0.15) is 11.2 Å². The zero-order valence-electron chi connectivity index (χ0n) is 9.27. The number of hydrogen-bond acceptors (Lipinski definition) is 3. The number of carbonyl (C=O) groups excluding carboxylic acids is 1. The number of hydrogen-bond donors (Lipinski definition) is 0. The van der Waals surface area contributed by atoms with Crippen LogP contribution >= 0.6 is 27.5 Å². The Morgan fingerprint density at radius 3 is 2.89 bits per heavy atom. The summed E-state index contributed by atoms with van der Waals surface area (Å²) in [5.74, 6) is -0.421. The summed E-state index contributed by atoms with van der Waals surface area (Å²) >= 11 is 9.05. The molecule has 0 atom stereocenters. The first-order valence-electron chi connectivity index (χ1n) is 5.19. The van der Waals surface area contributed by atoms with Gasteiger partial charge in [0.05, 0.1) is 5.56 Å². The molecule has 0 fully saturated rings. The highest BCUT2D eigenvalue weighted by atomic mass is 79.9. The van der Waals surface area contributed by atoms with Crippen LogP contribution in [0.4, 0.5) is 0 Å². The van der Waals surface area contributed by atoms with Gasteiger partial charge in [0.2, 0.25) is 0 Å². The SMILES string of the molecule is O=C(OCc1cccc(Cl)c1)c1cccnc1Br. The molecule has 3 nitrogen and oxygen atoms in total. The largest absolute Gasteiger partial charge is 0.457 e. The molecule has 0 radical (unpaired) electrons. The highest BCUT2D eigenvalue weighted by Gasteiger charge is 2.11. The molecule has 1 aromatic carbocycles. The second kappa shape index (κ2) is 5.98. The second-order valence-electron chi connectivity index (χ2n) is 3.55. The number of nitrogens with zero attached hydrogens (tertiary/aromatic N) is 1. The lowest BCUT2D eigenvalue weighted by Gasteiger charge is -2.06. The van der Waals surface area contributed by atoms with Gasteiger partial charge in [-0.05, 0) is 45.8 Å². The van der Waals surface area contributed by atoms with Gasteiger partial charge in [-0.1, -0.05) is 23.7 Å². The summed E-state index contributed by atoms with van der Waals surface area (Å²) in [6.07, 6.45) is 1.60. The molecule has 92 valence electrons. The van der Waals surface area contributed by atoms with Gasteiger partial charge in [-0.15, -0.1) is 0 Å². The molecule has 0 unspecified atom stereocenters. The molecule has 1 aromatic heterocycles. The van der Waals surface area contributed by atoms with E-state index >= 15 is 0 Å². The lowest BCUT2D eigenvalue weighted by atomic mass is 10.2. The van der Waals surface area contributed by atoms with E-state index in [1.54, 1.807) is 30.5 Å². The molecule has 0 aliphatic heterocycles. The standard InChI is InChI=1S/C13H9BrClNO2/c14-12-11(5-2-6-16-12)13(17)18-8-9-3-1-4-10(15)7-9/h1-7H,8H2. The predicted molar refractivity (Wildman–Crippen MR) is 72.5 cm³/mol. The summed E-state index contributed by atoms with van der Waals surface area (Å²) in [6.45, 7) is 0.181. The minimum Gasteiger partial charge on any atom is -0.457 e. The van der Waals surface area contributed by atoms with E-state index in [1.807, 2.05) is 12.1 Å². The van der Waals surface area contributed by atoms with Crippen LogP contribution < -0.4 is 0 Å². The molecule has 2 aromatic rings. The Balaban J connectivity index is 2.03. The summed E-state index contributed by atoms with van der Waals surface area (Å²) in [4.78, 5) is 15.8. The number of benzene rings is 1. The molecule has 18 heavy (non-hydrogen) atoms. The third kappa shape index (κ3) is 3.31. The van der Waals surface area contributed by atoms with Gasteiger partial charge < -0.3 is 4.74 Å². The average molecular weight is 327 g/mol. The van der Waals surface area contributed by atoms with Crippen LogP contribution in [0, 0.1) is 0 Å². The highest BCUT2D eigenvalue weighted by molar-refractivity contribution is 9.10. The molecule has 0 N–H and O–H groups in total. The van der Waals surface area contributed by atoms with Crippen molar-refractivity contribution < 1.29 is 9.53 Å².